The number of hydrogen-bond acceptors (Lipinski definition) is 8. The number of aromatic nitrogens is 2. The maximum absolute atomic E-state index is 12.7. The van der Waals surface area contributed by atoms with Crippen molar-refractivity contribution in [1.29, 1.82) is 0 Å². The summed E-state index contributed by atoms with van der Waals surface area (Å²) in [5, 5.41) is 26.6. The molecule has 1 N–H and O–H groups in total. The molecule has 2 aromatic carbocycles. The fourth-order valence-electron chi connectivity index (χ4n) is 3.23. The van der Waals surface area contributed by atoms with E-state index in [1.54, 1.807) is 37.3 Å². The zero-order chi connectivity index (χ0) is 22.9. The number of phenols is 1. The van der Waals surface area contributed by atoms with Crippen molar-refractivity contribution in [2.24, 2.45) is 0 Å². The van der Waals surface area contributed by atoms with Gasteiger partial charge in [-0.1, -0.05) is 18.2 Å². The minimum atomic E-state index is -0.919. The number of esters is 2. The molecule has 1 heterocycles. The summed E-state index contributed by atoms with van der Waals surface area (Å²) in [4.78, 5) is 36.1. The summed E-state index contributed by atoms with van der Waals surface area (Å²) in [7, 11) is 2.26. The van der Waals surface area contributed by atoms with E-state index in [1.165, 1.54) is 17.7 Å². The zero-order valence-electron chi connectivity index (χ0n) is 17.2. The van der Waals surface area contributed by atoms with Crippen LogP contribution in [0.3, 0.4) is 0 Å². The highest BCUT2D eigenvalue weighted by Crippen LogP contribution is 2.42. The molecule has 0 aliphatic heterocycles. The van der Waals surface area contributed by atoms with Gasteiger partial charge in [0.15, 0.2) is 5.69 Å². The molecule has 10 heteroatoms. The standard InChI is InChI=1S/C21H19N3O7/c1-11-10-14(19(25)17(12(11)2)24(28)29)16-15(20(26)30-3)18(21(27)31-4)23(22-16)13-8-6-5-7-9-13/h5-10,25H,1-4H3. The molecule has 3 aromatic rings. The first-order valence-electron chi connectivity index (χ1n) is 9.05. The summed E-state index contributed by atoms with van der Waals surface area (Å²) in [6, 6.07) is 9.91. The third-order valence-electron chi connectivity index (χ3n) is 4.88. The van der Waals surface area contributed by atoms with Gasteiger partial charge in [0.05, 0.1) is 30.4 Å². The third-order valence-corrected chi connectivity index (χ3v) is 4.88. The van der Waals surface area contributed by atoms with E-state index < -0.39 is 28.3 Å². The highest BCUT2D eigenvalue weighted by atomic mass is 16.6. The molecule has 0 bridgehead atoms. The molecule has 0 atom stereocenters. The summed E-state index contributed by atoms with van der Waals surface area (Å²) in [5.41, 5.74) is -0.0979. The second kappa shape index (κ2) is 8.27. The van der Waals surface area contributed by atoms with E-state index in [0.717, 1.165) is 14.2 Å². The molecular weight excluding hydrogens is 406 g/mol. The normalized spacial score (nSPS) is 10.6. The summed E-state index contributed by atoms with van der Waals surface area (Å²) in [5.74, 6) is -2.47. The summed E-state index contributed by atoms with van der Waals surface area (Å²) < 4.78 is 10.9. The van der Waals surface area contributed by atoms with Crippen LogP contribution >= 0.6 is 0 Å². The number of aromatic hydroxyl groups is 1. The van der Waals surface area contributed by atoms with Gasteiger partial charge in [-0.3, -0.25) is 10.1 Å². The van der Waals surface area contributed by atoms with Gasteiger partial charge in [-0.15, -0.1) is 0 Å². The topological polar surface area (TPSA) is 134 Å². The Kier molecular flexibility index (Phi) is 5.73. The Bertz CT molecular complexity index is 1200. The second-order valence-electron chi connectivity index (χ2n) is 6.62. The quantitative estimate of drug-likeness (QED) is 0.374. The van der Waals surface area contributed by atoms with Crippen molar-refractivity contribution < 1.29 is 29.1 Å². The molecular formula is C21H19N3O7. The molecule has 0 aliphatic carbocycles. The Hall–Kier alpha value is -4.21. The zero-order valence-corrected chi connectivity index (χ0v) is 17.2. The van der Waals surface area contributed by atoms with E-state index in [4.69, 9.17) is 9.47 Å². The molecule has 0 unspecified atom stereocenters. The number of carbonyl (C=O) groups excluding carboxylic acids is 2. The number of para-hydroxylation sites is 1. The summed E-state index contributed by atoms with van der Waals surface area (Å²) >= 11 is 0. The SMILES string of the molecule is COC(=O)c1c(-c2cc(C)c(C)c([N+](=O)[O-])c2O)nn(-c2ccccc2)c1C(=O)OC. The Balaban J connectivity index is 2.47. The van der Waals surface area contributed by atoms with Crippen LogP contribution in [0, 0.1) is 24.0 Å². The minimum Gasteiger partial charge on any atom is -0.502 e. The van der Waals surface area contributed by atoms with Crippen LogP contribution < -0.4 is 0 Å². The minimum absolute atomic E-state index is 0.0879. The van der Waals surface area contributed by atoms with Crippen molar-refractivity contribution >= 4 is 17.6 Å². The summed E-state index contributed by atoms with van der Waals surface area (Å²) in [6.45, 7) is 3.12. The number of phenolic OH excluding ortho intramolecular Hbond substituents is 1. The third kappa shape index (κ3) is 3.59. The lowest BCUT2D eigenvalue weighted by molar-refractivity contribution is -0.386. The first kappa shape index (κ1) is 21.5. The van der Waals surface area contributed by atoms with Crippen LogP contribution in [0.25, 0.3) is 16.9 Å². The molecule has 0 amide bonds. The maximum Gasteiger partial charge on any atom is 0.357 e. The number of benzene rings is 2. The van der Waals surface area contributed by atoms with E-state index in [9.17, 15) is 24.8 Å². The highest BCUT2D eigenvalue weighted by Gasteiger charge is 2.34. The van der Waals surface area contributed by atoms with E-state index in [0.29, 0.717) is 11.3 Å². The van der Waals surface area contributed by atoms with Gasteiger partial charge >= 0.3 is 17.6 Å². The second-order valence-corrected chi connectivity index (χ2v) is 6.62. The number of ether oxygens (including phenoxy) is 2. The van der Waals surface area contributed by atoms with E-state index in [2.05, 4.69) is 5.10 Å². The predicted octanol–water partition coefficient (Wildman–Crippen LogP) is 3.34. The lowest BCUT2D eigenvalue weighted by Gasteiger charge is -2.09. The molecule has 1 aromatic heterocycles. The van der Waals surface area contributed by atoms with Crippen molar-refractivity contribution in [1.82, 2.24) is 9.78 Å². The highest BCUT2D eigenvalue weighted by molar-refractivity contribution is 6.07. The van der Waals surface area contributed by atoms with Crippen molar-refractivity contribution in [2.45, 2.75) is 13.8 Å². The fourth-order valence-corrected chi connectivity index (χ4v) is 3.23. The van der Waals surface area contributed by atoms with Crippen LogP contribution in [-0.4, -0.2) is 46.0 Å². The van der Waals surface area contributed by atoms with Gasteiger partial charge in [0.25, 0.3) is 0 Å². The Morgan fingerprint density at radius 2 is 1.71 bits per heavy atom. The maximum atomic E-state index is 12.7. The molecule has 0 saturated heterocycles. The number of nitro groups is 1. The first-order valence-corrected chi connectivity index (χ1v) is 9.05. The van der Waals surface area contributed by atoms with Crippen LogP contribution in [0.15, 0.2) is 36.4 Å². The van der Waals surface area contributed by atoms with Gasteiger partial charge in [-0.2, -0.15) is 5.10 Å². The van der Waals surface area contributed by atoms with E-state index >= 15 is 0 Å². The Morgan fingerprint density at radius 1 is 1.10 bits per heavy atom. The number of nitro benzene ring substituents is 1. The van der Waals surface area contributed by atoms with E-state index in [1.807, 2.05) is 0 Å². The fraction of sp³-hybridized carbons (Fsp3) is 0.190. The molecule has 0 fully saturated rings. The molecule has 0 radical (unpaired) electrons. The number of methoxy groups -OCH3 is 2. The van der Waals surface area contributed by atoms with Crippen LogP contribution in [0.2, 0.25) is 0 Å². The molecule has 0 aliphatic rings. The number of aryl methyl sites for hydroxylation is 1. The van der Waals surface area contributed by atoms with Crippen molar-refractivity contribution in [3.63, 3.8) is 0 Å². The molecule has 0 spiro atoms. The number of hydrogen-bond donors (Lipinski definition) is 1. The lowest BCUT2D eigenvalue weighted by atomic mass is 9.98. The smallest absolute Gasteiger partial charge is 0.357 e. The van der Waals surface area contributed by atoms with Crippen molar-refractivity contribution in [3.05, 3.63) is 68.9 Å². The average molecular weight is 425 g/mol. The van der Waals surface area contributed by atoms with Crippen LogP contribution in [0.4, 0.5) is 5.69 Å². The monoisotopic (exact) mass is 425 g/mol. The van der Waals surface area contributed by atoms with Crippen molar-refractivity contribution in [2.75, 3.05) is 14.2 Å². The lowest BCUT2D eigenvalue weighted by Crippen LogP contribution is -2.15. The largest absolute Gasteiger partial charge is 0.502 e. The molecule has 160 valence electrons. The van der Waals surface area contributed by atoms with Crippen LogP contribution in [0.1, 0.15) is 32.0 Å². The van der Waals surface area contributed by atoms with Gasteiger partial charge < -0.3 is 14.6 Å². The molecule has 3 rings (SSSR count). The van der Waals surface area contributed by atoms with Crippen LogP contribution in [-0.2, 0) is 9.47 Å². The number of nitrogens with zero attached hydrogens (tertiary/aromatic N) is 3. The van der Waals surface area contributed by atoms with Crippen molar-refractivity contribution in [3.8, 4) is 22.7 Å². The summed E-state index contributed by atoms with van der Waals surface area (Å²) in [6.07, 6.45) is 0. The van der Waals surface area contributed by atoms with Gasteiger partial charge in [0, 0.05) is 5.56 Å². The first-order chi connectivity index (χ1) is 14.7. The van der Waals surface area contributed by atoms with Gasteiger partial charge in [-0.05, 0) is 37.6 Å². The average Bonchev–Trinajstić information content (AvgIpc) is 3.16. The van der Waals surface area contributed by atoms with Gasteiger partial charge in [-0.25, -0.2) is 14.3 Å². The number of rotatable bonds is 5. The van der Waals surface area contributed by atoms with Gasteiger partial charge in [0.2, 0.25) is 5.75 Å². The Morgan fingerprint density at radius 3 is 2.26 bits per heavy atom. The van der Waals surface area contributed by atoms with Gasteiger partial charge in [0.1, 0.15) is 11.3 Å². The Labute approximate surface area is 176 Å². The van der Waals surface area contributed by atoms with Crippen LogP contribution in [0.5, 0.6) is 5.75 Å². The van der Waals surface area contributed by atoms with E-state index in [-0.39, 0.29) is 28.1 Å². The number of carbonyl (C=O) groups is 2. The molecule has 31 heavy (non-hydrogen) atoms. The predicted molar refractivity (Wildman–Crippen MR) is 109 cm³/mol. The molecule has 10 nitrogen and oxygen atoms in total. The molecule has 0 saturated carbocycles.